The molecule has 0 aliphatic heterocycles. The number of ether oxygens (including phenoxy) is 1. The van der Waals surface area contributed by atoms with E-state index >= 15 is 0 Å². The Labute approximate surface area is 104 Å². The van der Waals surface area contributed by atoms with E-state index in [0.717, 1.165) is 17.9 Å². The molecule has 1 aliphatic rings. The van der Waals surface area contributed by atoms with Crippen molar-refractivity contribution in [1.82, 2.24) is 5.32 Å². The predicted molar refractivity (Wildman–Crippen MR) is 68.2 cm³/mol. The summed E-state index contributed by atoms with van der Waals surface area (Å²) in [4.78, 5) is 0. The van der Waals surface area contributed by atoms with Crippen LogP contribution >= 0.6 is 0 Å². The third kappa shape index (κ3) is 2.40. The lowest BCUT2D eigenvalue weighted by molar-refractivity contribution is -0.0835. The zero-order valence-corrected chi connectivity index (χ0v) is 11.3. The van der Waals surface area contributed by atoms with Crippen LogP contribution in [0.5, 0.6) is 0 Å². The minimum atomic E-state index is 0.0886. The summed E-state index contributed by atoms with van der Waals surface area (Å²) in [5, 5.41) is 3.39. The van der Waals surface area contributed by atoms with Crippen molar-refractivity contribution in [3.8, 4) is 0 Å². The summed E-state index contributed by atoms with van der Waals surface area (Å²) in [7, 11) is 3.84. The lowest BCUT2D eigenvalue weighted by Crippen LogP contribution is -2.42. The highest BCUT2D eigenvalue weighted by molar-refractivity contribution is 5.24. The maximum Gasteiger partial charge on any atom is 0.105 e. The van der Waals surface area contributed by atoms with Gasteiger partial charge in [-0.25, -0.2) is 0 Å². The lowest BCUT2D eigenvalue weighted by atomic mass is 9.74. The van der Waals surface area contributed by atoms with Crippen LogP contribution in [0.1, 0.15) is 48.8 Å². The van der Waals surface area contributed by atoms with Crippen molar-refractivity contribution in [2.45, 2.75) is 51.2 Å². The molecule has 3 nitrogen and oxygen atoms in total. The molecule has 0 amide bonds. The van der Waals surface area contributed by atoms with Gasteiger partial charge in [0.2, 0.25) is 0 Å². The first kappa shape index (κ1) is 12.7. The standard InChI is InChI=1S/C14H23NO2/c1-10-8-12(11(2)17-10)13(15-3)9-14(16-4)6-5-7-14/h8,13,15H,5-7,9H2,1-4H3. The van der Waals surface area contributed by atoms with Gasteiger partial charge in [-0.2, -0.15) is 0 Å². The molecule has 1 N–H and O–H groups in total. The summed E-state index contributed by atoms with van der Waals surface area (Å²) in [6.45, 7) is 4.03. The molecule has 1 aliphatic carbocycles. The summed E-state index contributed by atoms with van der Waals surface area (Å²) in [5.74, 6) is 2.00. The monoisotopic (exact) mass is 237 g/mol. The first-order valence-electron chi connectivity index (χ1n) is 6.39. The van der Waals surface area contributed by atoms with E-state index in [-0.39, 0.29) is 5.60 Å². The minimum absolute atomic E-state index is 0.0886. The molecule has 0 bridgehead atoms. The Morgan fingerprint density at radius 2 is 2.18 bits per heavy atom. The van der Waals surface area contributed by atoms with Crippen molar-refractivity contribution in [2.24, 2.45) is 0 Å². The van der Waals surface area contributed by atoms with Gasteiger partial charge in [-0.3, -0.25) is 0 Å². The highest BCUT2D eigenvalue weighted by Crippen LogP contribution is 2.42. The molecule has 2 rings (SSSR count). The minimum Gasteiger partial charge on any atom is -0.466 e. The number of furan rings is 1. The Kier molecular flexibility index (Phi) is 3.59. The van der Waals surface area contributed by atoms with Gasteiger partial charge < -0.3 is 14.5 Å². The molecule has 1 heterocycles. The van der Waals surface area contributed by atoms with Gasteiger partial charge in [-0.05, 0) is 52.6 Å². The highest BCUT2D eigenvalue weighted by Gasteiger charge is 2.39. The zero-order chi connectivity index (χ0) is 12.5. The van der Waals surface area contributed by atoms with E-state index in [1.165, 1.54) is 24.8 Å². The van der Waals surface area contributed by atoms with E-state index < -0.39 is 0 Å². The van der Waals surface area contributed by atoms with Crippen molar-refractivity contribution >= 4 is 0 Å². The molecule has 1 atom stereocenters. The van der Waals surface area contributed by atoms with Gasteiger partial charge >= 0.3 is 0 Å². The van der Waals surface area contributed by atoms with Crippen molar-refractivity contribution in [3.05, 3.63) is 23.2 Å². The smallest absolute Gasteiger partial charge is 0.105 e. The zero-order valence-electron chi connectivity index (χ0n) is 11.3. The second-order valence-electron chi connectivity index (χ2n) is 5.15. The van der Waals surface area contributed by atoms with Gasteiger partial charge in [0.1, 0.15) is 11.5 Å². The topological polar surface area (TPSA) is 34.4 Å². The number of nitrogens with one attached hydrogen (secondary N) is 1. The van der Waals surface area contributed by atoms with E-state index in [1.54, 1.807) is 0 Å². The Balaban J connectivity index is 2.13. The molecular formula is C14H23NO2. The SMILES string of the molecule is CNC(CC1(OC)CCC1)c1cc(C)oc1C. The van der Waals surface area contributed by atoms with Crippen LogP contribution in [-0.2, 0) is 4.74 Å². The molecule has 0 saturated heterocycles. The van der Waals surface area contributed by atoms with Crippen LogP contribution in [0.4, 0.5) is 0 Å². The van der Waals surface area contributed by atoms with Crippen molar-refractivity contribution in [3.63, 3.8) is 0 Å². The largest absolute Gasteiger partial charge is 0.466 e. The maximum atomic E-state index is 5.70. The Morgan fingerprint density at radius 3 is 2.53 bits per heavy atom. The van der Waals surface area contributed by atoms with Crippen LogP contribution in [0.15, 0.2) is 10.5 Å². The molecule has 17 heavy (non-hydrogen) atoms. The summed E-state index contributed by atoms with van der Waals surface area (Å²) in [6, 6.07) is 2.46. The average molecular weight is 237 g/mol. The van der Waals surface area contributed by atoms with E-state index in [2.05, 4.69) is 11.4 Å². The fourth-order valence-corrected chi connectivity index (χ4v) is 2.80. The second-order valence-corrected chi connectivity index (χ2v) is 5.15. The lowest BCUT2D eigenvalue weighted by Gasteiger charge is -2.42. The number of hydrogen-bond acceptors (Lipinski definition) is 3. The first-order chi connectivity index (χ1) is 8.10. The molecule has 0 radical (unpaired) electrons. The van der Waals surface area contributed by atoms with Gasteiger partial charge in [0, 0.05) is 18.7 Å². The van der Waals surface area contributed by atoms with Crippen LogP contribution in [0.2, 0.25) is 0 Å². The highest BCUT2D eigenvalue weighted by atomic mass is 16.5. The van der Waals surface area contributed by atoms with Crippen molar-refractivity contribution < 1.29 is 9.15 Å². The van der Waals surface area contributed by atoms with Crippen LogP contribution < -0.4 is 5.32 Å². The summed E-state index contributed by atoms with van der Waals surface area (Å²) in [5.41, 5.74) is 1.36. The molecular weight excluding hydrogens is 214 g/mol. The third-order valence-corrected chi connectivity index (χ3v) is 4.08. The van der Waals surface area contributed by atoms with Crippen LogP contribution in [0, 0.1) is 13.8 Å². The fourth-order valence-electron chi connectivity index (χ4n) is 2.80. The number of rotatable bonds is 5. The Bertz CT molecular complexity index is 374. The number of hydrogen-bond donors (Lipinski definition) is 1. The van der Waals surface area contributed by atoms with Crippen LogP contribution in [0.25, 0.3) is 0 Å². The molecule has 1 unspecified atom stereocenters. The normalized spacial score (nSPS) is 20.0. The molecule has 1 saturated carbocycles. The average Bonchev–Trinajstić information content (AvgIpc) is 2.58. The van der Waals surface area contributed by atoms with E-state index in [4.69, 9.17) is 9.15 Å². The Hall–Kier alpha value is -0.800. The summed E-state index contributed by atoms with van der Waals surface area (Å²) < 4.78 is 11.3. The van der Waals surface area contributed by atoms with Gasteiger partial charge in [-0.15, -0.1) is 0 Å². The van der Waals surface area contributed by atoms with E-state index in [9.17, 15) is 0 Å². The fraction of sp³-hybridized carbons (Fsp3) is 0.714. The number of aryl methyl sites for hydroxylation is 2. The molecule has 1 aromatic heterocycles. The van der Waals surface area contributed by atoms with Crippen LogP contribution in [-0.4, -0.2) is 19.8 Å². The number of methoxy groups -OCH3 is 1. The van der Waals surface area contributed by atoms with Crippen molar-refractivity contribution in [1.29, 1.82) is 0 Å². The third-order valence-electron chi connectivity index (χ3n) is 4.08. The van der Waals surface area contributed by atoms with Gasteiger partial charge in [0.15, 0.2) is 0 Å². The Morgan fingerprint density at radius 1 is 1.47 bits per heavy atom. The van der Waals surface area contributed by atoms with E-state index in [0.29, 0.717) is 6.04 Å². The molecule has 3 heteroatoms. The quantitative estimate of drug-likeness (QED) is 0.854. The predicted octanol–water partition coefficient (Wildman–Crippen LogP) is 3.12. The van der Waals surface area contributed by atoms with Crippen LogP contribution in [0.3, 0.4) is 0 Å². The second kappa shape index (κ2) is 4.83. The molecule has 1 fully saturated rings. The molecule has 96 valence electrons. The first-order valence-corrected chi connectivity index (χ1v) is 6.39. The molecule has 0 spiro atoms. The van der Waals surface area contributed by atoms with Gasteiger partial charge in [-0.1, -0.05) is 0 Å². The van der Waals surface area contributed by atoms with Crippen molar-refractivity contribution in [2.75, 3.05) is 14.2 Å². The van der Waals surface area contributed by atoms with Gasteiger partial charge in [0.05, 0.1) is 5.60 Å². The summed E-state index contributed by atoms with van der Waals surface area (Å²) >= 11 is 0. The molecule has 0 aromatic carbocycles. The molecule has 1 aromatic rings. The van der Waals surface area contributed by atoms with E-state index in [1.807, 2.05) is 28.0 Å². The van der Waals surface area contributed by atoms with Gasteiger partial charge in [0.25, 0.3) is 0 Å². The summed E-state index contributed by atoms with van der Waals surface area (Å²) in [6.07, 6.45) is 4.67. The maximum absolute atomic E-state index is 5.70.